The summed E-state index contributed by atoms with van der Waals surface area (Å²) in [6, 6.07) is 10.8. The minimum Gasteiger partial charge on any atom is -0.481 e. The first kappa shape index (κ1) is 17.3. The molecule has 0 atom stereocenters. The highest BCUT2D eigenvalue weighted by molar-refractivity contribution is 5.70. The molecule has 0 fully saturated rings. The van der Waals surface area contributed by atoms with Crippen LogP contribution >= 0.6 is 0 Å². The number of aliphatic carboxylic acids is 2. The molecule has 0 aliphatic heterocycles. The third-order valence-corrected chi connectivity index (χ3v) is 2.54. The van der Waals surface area contributed by atoms with Crippen LogP contribution in [0.2, 0.25) is 0 Å². The van der Waals surface area contributed by atoms with Gasteiger partial charge in [0.1, 0.15) is 11.6 Å². The van der Waals surface area contributed by atoms with Crippen LogP contribution in [0.1, 0.15) is 11.1 Å². The lowest BCUT2D eigenvalue weighted by Gasteiger charge is -1.94. The van der Waals surface area contributed by atoms with Crippen LogP contribution in [0.4, 0.5) is 8.78 Å². The molecule has 0 heterocycles. The smallest absolute Gasteiger partial charge is 0.307 e. The van der Waals surface area contributed by atoms with Gasteiger partial charge in [0.2, 0.25) is 0 Å². The predicted octanol–water partition coefficient (Wildman–Crippen LogP) is 2.91. The number of carbonyl (C=O) groups is 2. The Hall–Kier alpha value is -2.76. The number of rotatable bonds is 4. The number of hydrogen-bond donors (Lipinski definition) is 2. The quantitative estimate of drug-likeness (QED) is 0.910. The van der Waals surface area contributed by atoms with E-state index in [0.29, 0.717) is 11.1 Å². The lowest BCUT2D eigenvalue weighted by Crippen LogP contribution is -1.99. The lowest BCUT2D eigenvalue weighted by molar-refractivity contribution is -0.137. The fraction of sp³-hybridized carbons (Fsp3) is 0.125. The molecule has 2 aromatic rings. The van der Waals surface area contributed by atoms with Crippen molar-refractivity contribution in [2.24, 2.45) is 0 Å². The molecule has 0 amide bonds. The van der Waals surface area contributed by atoms with E-state index in [0.717, 1.165) is 0 Å². The first-order chi connectivity index (χ1) is 10.4. The van der Waals surface area contributed by atoms with E-state index in [1.54, 1.807) is 0 Å². The van der Waals surface area contributed by atoms with Gasteiger partial charge in [-0.1, -0.05) is 24.3 Å². The van der Waals surface area contributed by atoms with Crippen molar-refractivity contribution in [3.05, 3.63) is 71.3 Å². The van der Waals surface area contributed by atoms with Gasteiger partial charge in [0, 0.05) is 0 Å². The van der Waals surface area contributed by atoms with Gasteiger partial charge in [0.05, 0.1) is 12.8 Å². The van der Waals surface area contributed by atoms with Crippen LogP contribution in [-0.2, 0) is 22.4 Å². The van der Waals surface area contributed by atoms with Crippen molar-refractivity contribution in [1.29, 1.82) is 0 Å². The Balaban J connectivity index is 0.000000220. The van der Waals surface area contributed by atoms with E-state index < -0.39 is 11.9 Å². The summed E-state index contributed by atoms with van der Waals surface area (Å²) in [6.07, 6.45) is -0.111. The molecule has 2 rings (SSSR count). The third-order valence-electron chi connectivity index (χ3n) is 2.54. The van der Waals surface area contributed by atoms with Gasteiger partial charge >= 0.3 is 11.9 Å². The van der Waals surface area contributed by atoms with Crippen molar-refractivity contribution in [2.75, 3.05) is 0 Å². The summed E-state index contributed by atoms with van der Waals surface area (Å²) in [5, 5.41) is 16.7. The first-order valence-corrected chi connectivity index (χ1v) is 6.29. The van der Waals surface area contributed by atoms with Gasteiger partial charge in [0.25, 0.3) is 0 Å². The molecule has 0 unspecified atom stereocenters. The molecule has 0 aromatic heterocycles. The molecular formula is C16H14F2O4. The van der Waals surface area contributed by atoms with Crippen molar-refractivity contribution in [3.8, 4) is 0 Å². The minimum absolute atomic E-state index is 0.0553. The Kier molecular flexibility index (Phi) is 6.69. The second-order valence-electron chi connectivity index (χ2n) is 4.39. The number of benzene rings is 2. The molecule has 0 bridgehead atoms. The molecule has 2 aromatic carbocycles. The van der Waals surface area contributed by atoms with Crippen LogP contribution in [0.25, 0.3) is 0 Å². The third kappa shape index (κ3) is 7.14. The molecule has 116 valence electrons. The maximum atomic E-state index is 12.3. The molecule has 0 aliphatic rings. The average molecular weight is 308 g/mol. The number of carboxylic acid groups (broad SMARTS) is 2. The van der Waals surface area contributed by atoms with Crippen LogP contribution in [-0.4, -0.2) is 22.2 Å². The van der Waals surface area contributed by atoms with Crippen molar-refractivity contribution in [2.45, 2.75) is 12.8 Å². The Morgan fingerprint density at radius 1 is 0.682 bits per heavy atom. The zero-order chi connectivity index (χ0) is 16.5. The van der Waals surface area contributed by atoms with Crippen molar-refractivity contribution < 1.29 is 28.6 Å². The molecule has 22 heavy (non-hydrogen) atoms. The van der Waals surface area contributed by atoms with E-state index >= 15 is 0 Å². The van der Waals surface area contributed by atoms with Crippen LogP contribution in [0.3, 0.4) is 0 Å². The van der Waals surface area contributed by atoms with Crippen molar-refractivity contribution in [3.63, 3.8) is 0 Å². The fourth-order valence-electron chi connectivity index (χ4n) is 1.55. The van der Waals surface area contributed by atoms with E-state index in [1.165, 1.54) is 48.5 Å². The molecule has 0 aliphatic carbocycles. The highest BCUT2D eigenvalue weighted by Gasteiger charge is 1.99. The first-order valence-electron chi connectivity index (χ1n) is 6.29. The highest BCUT2D eigenvalue weighted by atomic mass is 19.1. The Bertz CT molecular complexity index is 564. The molecule has 0 spiro atoms. The van der Waals surface area contributed by atoms with Crippen molar-refractivity contribution >= 4 is 11.9 Å². The van der Waals surface area contributed by atoms with Crippen LogP contribution < -0.4 is 0 Å². The SMILES string of the molecule is O=C(O)Cc1ccc(F)cc1.O=C(O)Cc1ccc(F)cc1. The summed E-state index contributed by atoms with van der Waals surface area (Å²) in [6.45, 7) is 0. The predicted molar refractivity (Wildman–Crippen MR) is 75.5 cm³/mol. The Morgan fingerprint density at radius 3 is 1.18 bits per heavy atom. The van der Waals surface area contributed by atoms with E-state index in [9.17, 15) is 18.4 Å². The number of hydrogen-bond acceptors (Lipinski definition) is 2. The summed E-state index contributed by atoms with van der Waals surface area (Å²) >= 11 is 0. The minimum atomic E-state index is -0.906. The summed E-state index contributed by atoms with van der Waals surface area (Å²) in [4.78, 5) is 20.3. The van der Waals surface area contributed by atoms with E-state index in [1.807, 2.05) is 0 Å². The van der Waals surface area contributed by atoms with Crippen LogP contribution in [0.5, 0.6) is 0 Å². The molecule has 0 radical (unpaired) electrons. The number of halogens is 2. The number of carboxylic acids is 2. The van der Waals surface area contributed by atoms with E-state index in [2.05, 4.69) is 0 Å². The summed E-state index contributed by atoms with van der Waals surface area (Å²) < 4.78 is 24.6. The fourth-order valence-corrected chi connectivity index (χ4v) is 1.55. The van der Waals surface area contributed by atoms with Gasteiger partial charge in [-0.15, -0.1) is 0 Å². The molecule has 6 heteroatoms. The van der Waals surface area contributed by atoms with Gasteiger partial charge < -0.3 is 10.2 Å². The summed E-state index contributed by atoms with van der Waals surface area (Å²) in [5.74, 6) is -2.51. The van der Waals surface area contributed by atoms with Gasteiger partial charge in [-0.3, -0.25) is 9.59 Å². The molecule has 4 nitrogen and oxygen atoms in total. The molecule has 2 N–H and O–H groups in total. The molecular weight excluding hydrogens is 294 g/mol. The average Bonchev–Trinajstić information content (AvgIpc) is 2.44. The van der Waals surface area contributed by atoms with Gasteiger partial charge in [0.15, 0.2) is 0 Å². The standard InChI is InChI=1S/2C8H7FO2/c2*9-7-3-1-6(2-4-7)5-8(10)11/h2*1-4H,5H2,(H,10,11). The Labute approximate surface area is 125 Å². The van der Waals surface area contributed by atoms with Gasteiger partial charge in [-0.05, 0) is 35.4 Å². The maximum Gasteiger partial charge on any atom is 0.307 e. The van der Waals surface area contributed by atoms with Gasteiger partial charge in [-0.2, -0.15) is 0 Å². The summed E-state index contributed by atoms with van der Waals surface area (Å²) in [5.41, 5.74) is 1.22. The van der Waals surface area contributed by atoms with Gasteiger partial charge in [-0.25, -0.2) is 8.78 Å². The van der Waals surface area contributed by atoms with E-state index in [4.69, 9.17) is 10.2 Å². The Morgan fingerprint density at radius 2 is 0.955 bits per heavy atom. The second-order valence-corrected chi connectivity index (χ2v) is 4.39. The topological polar surface area (TPSA) is 74.6 Å². The zero-order valence-electron chi connectivity index (χ0n) is 11.5. The highest BCUT2D eigenvalue weighted by Crippen LogP contribution is 2.03. The largest absolute Gasteiger partial charge is 0.481 e. The lowest BCUT2D eigenvalue weighted by atomic mass is 10.1. The summed E-state index contributed by atoms with van der Waals surface area (Å²) in [7, 11) is 0. The van der Waals surface area contributed by atoms with Crippen LogP contribution in [0, 0.1) is 11.6 Å². The van der Waals surface area contributed by atoms with E-state index in [-0.39, 0.29) is 24.5 Å². The van der Waals surface area contributed by atoms with Crippen LogP contribution in [0.15, 0.2) is 48.5 Å². The zero-order valence-corrected chi connectivity index (χ0v) is 11.5. The second kappa shape index (κ2) is 8.51. The maximum absolute atomic E-state index is 12.3. The molecule has 0 saturated heterocycles. The monoisotopic (exact) mass is 308 g/mol. The van der Waals surface area contributed by atoms with Crippen molar-refractivity contribution in [1.82, 2.24) is 0 Å². The normalized spacial score (nSPS) is 9.55. The molecule has 0 saturated carbocycles.